The van der Waals surface area contributed by atoms with Crippen molar-refractivity contribution in [3.05, 3.63) is 47.5 Å². The van der Waals surface area contributed by atoms with Gasteiger partial charge in [0.25, 0.3) is 0 Å². The number of nitrogens with one attached hydrogen (secondary N) is 1. The van der Waals surface area contributed by atoms with E-state index < -0.39 is 0 Å². The van der Waals surface area contributed by atoms with E-state index in [1.165, 1.54) is 11.1 Å². The molecule has 12 heteroatoms. The van der Waals surface area contributed by atoms with E-state index in [4.69, 9.17) is 37.9 Å². The molecule has 62 heavy (non-hydrogen) atoms. The quantitative estimate of drug-likeness (QED) is 0.100. The molecule has 2 aromatic carbocycles. The molecule has 4 fully saturated rings. The Morgan fingerprint density at radius 1 is 0.597 bits per heavy atom. The van der Waals surface area contributed by atoms with Crippen molar-refractivity contribution in [3.63, 3.8) is 0 Å². The van der Waals surface area contributed by atoms with Crippen LogP contribution >= 0.6 is 0 Å². The van der Waals surface area contributed by atoms with Crippen LogP contribution in [-0.2, 0) is 28.5 Å². The number of nitrogens with two attached hydrogens (primary N) is 1. The Morgan fingerprint density at radius 2 is 1.10 bits per heavy atom. The van der Waals surface area contributed by atoms with Crippen molar-refractivity contribution >= 4 is 11.9 Å². The van der Waals surface area contributed by atoms with Crippen LogP contribution in [0.5, 0.6) is 23.0 Å². The highest BCUT2D eigenvalue weighted by molar-refractivity contribution is 5.75. The Hall–Kier alpha value is -3.58. The molecule has 4 heterocycles. The fraction of sp³-hybridized carbons (Fsp3) is 0.720. The van der Waals surface area contributed by atoms with Gasteiger partial charge in [-0.25, -0.2) is 0 Å². The summed E-state index contributed by atoms with van der Waals surface area (Å²) in [5.74, 6) is 5.67. The number of quaternary nitrogens is 1. The van der Waals surface area contributed by atoms with E-state index >= 15 is 0 Å². The first-order valence-electron chi connectivity index (χ1n) is 23.3. The largest absolute Gasteiger partial charge is 0.493 e. The number of methoxy groups -OCH3 is 4. The lowest BCUT2D eigenvalue weighted by Gasteiger charge is -2.24. The molecular weight excluding hydrogens is 789 g/mol. The molecule has 12 nitrogen and oxygen atoms in total. The van der Waals surface area contributed by atoms with Crippen molar-refractivity contribution in [1.82, 2.24) is 5.32 Å². The highest BCUT2D eigenvalue weighted by Gasteiger charge is 2.50. The maximum Gasteiger partial charge on any atom is 0.309 e. The lowest BCUT2D eigenvalue weighted by Crippen LogP contribution is -2.90. The molecule has 10 atom stereocenters. The minimum absolute atomic E-state index is 0.00848. The van der Waals surface area contributed by atoms with Crippen LogP contribution in [-0.4, -0.2) is 91.1 Å². The summed E-state index contributed by atoms with van der Waals surface area (Å²) in [5.41, 5.74) is 2.43. The third-order valence-electron chi connectivity index (χ3n) is 13.8. The van der Waals surface area contributed by atoms with Crippen molar-refractivity contribution in [3.8, 4) is 23.0 Å². The number of benzene rings is 2. The van der Waals surface area contributed by atoms with Crippen LogP contribution in [0, 0.1) is 47.3 Å². The summed E-state index contributed by atoms with van der Waals surface area (Å²) in [4.78, 5) is 24.7. The second-order valence-electron chi connectivity index (χ2n) is 19.3. The Bertz CT molecular complexity index is 1590. The fourth-order valence-corrected chi connectivity index (χ4v) is 10.0. The van der Waals surface area contributed by atoms with E-state index in [2.05, 4.69) is 90.3 Å². The summed E-state index contributed by atoms with van der Waals surface area (Å²) in [6, 6.07) is 13.5. The lowest BCUT2D eigenvalue weighted by molar-refractivity contribution is -0.716. The predicted molar refractivity (Wildman–Crippen MR) is 240 cm³/mol. The minimum atomic E-state index is -0.0471. The number of esters is 2. The number of ether oxygens (including phenoxy) is 8. The number of rotatable bonds is 20. The highest BCUT2D eigenvalue weighted by Crippen LogP contribution is 2.44. The molecule has 0 bridgehead atoms. The van der Waals surface area contributed by atoms with Gasteiger partial charge in [-0.1, -0.05) is 61.5 Å². The van der Waals surface area contributed by atoms with Crippen LogP contribution in [0.3, 0.4) is 0 Å². The van der Waals surface area contributed by atoms with Crippen LogP contribution in [0.4, 0.5) is 0 Å². The minimum Gasteiger partial charge on any atom is -0.493 e. The van der Waals surface area contributed by atoms with Crippen LogP contribution in [0.15, 0.2) is 36.4 Å². The van der Waals surface area contributed by atoms with Gasteiger partial charge in [0, 0.05) is 76.7 Å². The fourth-order valence-electron chi connectivity index (χ4n) is 10.0. The Labute approximate surface area is 372 Å². The predicted octanol–water partition coefficient (Wildman–Crippen LogP) is 7.72. The Morgan fingerprint density at radius 3 is 1.58 bits per heavy atom. The zero-order valence-corrected chi connectivity index (χ0v) is 39.8. The summed E-state index contributed by atoms with van der Waals surface area (Å²) >= 11 is 0. The molecule has 4 unspecified atom stereocenters. The van der Waals surface area contributed by atoms with Gasteiger partial charge >= 0.3 is 11.9 Å². The van der Waals surface area contributed by atoms with Gasteiger partial charge in [-0.3, -0.25) is 9.59 Å². The molecule has 0 aliphatic carbocycles. The third kappa shape index (κ3) is 12.4. The first-order valence-corrected chi connectivity index (χ1v) is 23.3. The summed E-state index contributed by atoms with van der Waals surface area (Å²) in [5, 5.41) is 6.24. The van der Waals surface area contributed by atoms with E-state index in [0.717, 1.165) is 61.5 Å². The molecule has 3 N–H and O–H groups in total. The maximum atomic E-state index is 12.3. The second kappa shape index (κ2) is 23.4. The molecule has 2 aromatic rings. The summed E-state index contributed by atoms with van der Waals surface area (Å²) in [6.07, 6.45) is 5.33. The summed E-state index contributed by atoms with van der Waals surface area (Å²) in [7, 11) is 6.73. The van der Waals surface area contributed by atoms with Crippen molar-refractivity contribution in [2.45, 2.75) is 130 Å². The number of cyclic esters (lactones) is 2. The molecule has 4 aliphatic rings. The van der Waals surface area contributed by atoms with E-state index in [9.17, 15) is 9.59 Å². The third-order valence-corrected chi connectivity index (χ3v) is 13.8. The van der Waals surface area contributed by atoms with Crippen LogP contribution in [0.2, 0.25) is 0 Å². The van der Waals surface area contributed by atoms with Crippen LogP contribution in [0.25, 0.3) is 0 Å². The maximum absolute atomic E-state index is 12.3. The molecule has 0 aromatic heterocycles. The van der Waals surface area contributed by atoms with Gasteiger partial charge in [-0.2, -0.15) is 0 Å². The average molecular weight is 868 g/mol. The standard InChI is InChI=1S/2C25H39NO5/c2*1-15(2)18-13-20(22-14-19(16(3)4)25(27)31-22)26-24(18)17-8-9-21(29-6)23(12-17)30-11-7-10-28-5/h2*8-9,12,15-16,18-20,22,24,26H,7,10-11,13-14H2,1-6H3/p+1/t2*18-,19-,20?,22-,24?/m00/s1. The molecule has 4 saturated heterocycles. The van der Waals surface area contributed by atoms with Gasteiger partial charge in [0.2, 0.25) is 0 Å². The molecule has 4 aliphatic heterocycles. The molecule has 348 valence electrons. The molecule has 0 amide bonds. The van der Waals surface area contributed by atoms with Gasteiger partial charge in [0.05, 0.1) is 39.3 Å². The molecule has 0 spiro atoms. The lowest BCUT2D eigenvalue weighted by atomic mass is 9.83. The van der Waals surface area contributed by atoms with Crippen LogP contribution < -0.4 is 29.6 Å². The number of hydrogen-bond acceptors (Lipinski definition) is 11. The molecule has 0 saturated carbocycles. The van der Waals surface area contributed by atoms with Gasteiger partial charge < -0.3 is 48.5 Å². The van der Waals surface area contributed by atoms with Crippen LogP contribution in [0.1, 0.15) is 117 Å². The van der Waals surface area contributed by atoms with Crippen molar-refractivity contribution < 1.29 is 52.8 Å². The number of carbonyl (C=O) groups is 2. The van der Waals surface area contributed by atoms with Crippen molar-refractivity contribution in [1.29, 1.82) is 0 Å². The summed E-state index contributed by atoms with van der Waals surface area (Å²) < 4.78 is 44.9. The van der Waals surface area contributed by atoms with Crippen molar-refractivity contribution in [2.24, 2.45) is 47.3 Å². The van der Waals surface area contributed by atoms with Gasteiger partial charge in [0.1, 0.15) is 18.2 Å². The van der Waals surface area contributed by atoms with E-state index in [-0.39, 0.29) is 48.1 Å². The van der Waals surface area contributed by atoms with E-state index in [1.54, 1.807) is 28.4 Å². The SMILES string of the molecule is COCCCOc1cc(C2NC([C@@H]3C[C@@H](C(C)C)C(=O)O3)C[C@H]2C(C)C)ccc1OC.COCCCOc1cc(C2[NH2+]C([C@@H]3C[C@@H](C(C)C)C(=O)O3)C[C@H]2C(C)C)ccc1OC. The number of carbonyl (C=O) groups excluding carboxylic acids is 2. The Kier molecular flexibility index (Phi) is 18.6. The zero-order chi connectivity index (χ0) is 45.1. The Balaban J connectivity index is 0.000000234. The topological polar surface area (TPSA) is 137 Å². The highest BCUT2D eigenvalue weighted by atomic mass is 16.6. The van der Waals surface area contributed by atoms with Crippen molar-refractivity contribution in [2.75, 3.05) is 54.9 Å². The summed E-state index contributed by atoms with van der Waals surface area (Å²) in [6.45, 7) is 20.0. The first-order chi connectivity index (χ1) is 29.7. The van der Waals surface area contributed by atoms with E-state index in [1.807, 2.05) is 12.1 Å². The molecule has 0 radical (unpaired) electrons. The monoisotopic (exact) mass is 868 g/mol. The number of hydrogen-bond donors (Lipinski definition) is 2. The second-order valence-corrected chi connectivity index (χ2v) is 19.3. The van der Waals surface area contributed by atoms with Gasteiger partial charge in [0.15, 0.2) is 29.1 Å². The first kappa shape index (κ1) is 49.4. The smallest absolute Gasteiger partial charge is 0.309 e. The normalized spacial score (nSPS) is 28.4. The average Bonchev–Trinajstić information content (AvgIpc) is 4.06. The van der Waals surface area contributed by atoms with E-state index in [0.29, 0.717) is 74.0 Å². The van der Waals surface area contributed by atoms with Gasteiger partial charge in [-0.05, 0) is 78.3 Å². The van der Waals surface area contributed by atoms with Gasteiger partial charge in [-0.15, -0.1) is 0 Å². The zero-order valence-electron chi connectivity index (χ0n) is 39.8. The molecule has 6 rings (SSSR count). The molecular formula is C50H79N2O10+.